The van der Waals surface area contributed by atoms with Crippen molar-refractivity contribution in [2.24, 2.45) is 0 Å². The number of benzene rings is 1. The molecule has 0 saturated carbocycles. The van der Waals surface area contributed by atoms with E-state index in [1.807, 2.05) is 12.1 Å². The quantitative estimate of drug-likeness (QED) is 0.738. The van der Waals surface area contributed by atoms with Gasteiger partial charge in [0, 0.05) is 17.5 Å². The third-order valence-electron chi connectivity index (χ3n) is 2.19. The van der Waals surface area contributed by atoms with Crippen LogP contribution in [0, 0.1) is 0 Å². The lowest BCUT2D eigenvalue weighted by molar-refractivity contribution is 0.927. The molecule has 0 unspecified atom stereocenters. The Kier molecular flexibility index (Phi) is 3.35. The predicted molar refractivity (Wildman–Crippen MR) is 63.1 cm³/mol. The fraction of sp³-hybridized carbons (Fsp3) is 0.167. The summed E-state index contributed by atoms with van der Waals surface area (Å²) >= 11 is 1.77. The molecule has 76 valence electrons. The fourth-order valence-corrected chi connectivity index (χ4v) is 2.09. The van der Waals surface area contributed by atoms with Gasteiger partial charge in [-0.15, -0.1) is 11.8 Å². The van der Waals surface area contributed by atoms with Crippen molar-refractivity contribution >= 4 is 11.8 Å². The Morgan fingerprint density at radius 1 is 1.13 bits per heavy atom. The highest BCUT2D eigenvalue weighted by Crippen LogP contribution is 2.21. The van der Waals surface area contributed by atoms with E-state index in [0.717, 1.165) is 12.1 Å². The van der Waals surface area contributed by atoms with Crippen LogP contribution in [0.4, 0.5) is 0 Å². The standard InChI is InChI=1S/C12H12N2S/c1-15-12-7-3-2-5-10(12)9-11-6-4-8-13-14-11/h2-8H,9H2,1H3. The van der Waals surface area contributed by atoms with Crippen LogP contribution < -0.4 is 0 Å². The molecule has 2 nitrogen and oxygen atoms in total. The average Bonchev–Trinajstić information content (AvgIpc) is 2.31. The largest absolute Gasteiger partial charge is 0.159 e. The molecule has 0 amide bonds. The van der Waals surface area contributed by atoms with Gasteiger partial charge in [0.15, 0.2) is 0 Å². The second-order valence-electron chi connectivity index (χ2n) is 3.20. The average molecular weight is 216 g/mol. The van der Waals surface area contributed by atoms with Crippen LogP contribution >= 0.6 is 11.8 Å². The molecular weight excluding hydrogens is 204 g/mol. The van der Waals surface area contributed by atoms with Gasteiger partial charge in [0.2, 0.25) is 0 Å². The van der Waals surface area contributed by atoms with Crippen molar-refractivity contribution in [3.8, 4) is 0 Å². The summed E-state index contributed by atoms with van der Waals surface area (Å²) < 4.78 is 0. The minimum absolute atomic E-state index is 0.852. The van der Waals surface area contributed by atoms with Crippen molar-refractivity contribution in [2.75, 3.05) is 6.26 Å². The van der Waals surface area contributed by atoms with Crippen molar-refractivity contribution in [1.82, 2.24) is 10.2 Å². The molecule has 0 aliphatic heterocycles. The highest BCUT2D eigenvalue weighted by atomic mass is 32.2. The fourth-order valence-electron chi connectivity index (χ4n) is 1.47. The van der Waals surface area contributed by atoms with Crippen LogP contribution in [0.1, 0.15) is 11.3 Å². The SMILES string of the molecule is CSc1ccccc1Cc1cccnn1. The first-order chi connectivity index (χ1) is 7.40. The lowest BCUT2D eigenvalue weighted by Crippen LogP contribution is -1.94. The predicted octanol–water partition coefficient (Wildman–Crippen LogP) is 2.79. The number of aromatic nitrogens is 2. The van der Waals surface area contributed by atoms with E-state index in [1.165, 1.54) is 10.5 Å². The van der Waals surface area contributed by atoms with Gasteiger partial charge in [0.25, 0.3) is 0 Å². The number of thioether (sulfide) groups is 1. The van der Waals surface area contributed by atoms with E-state index in [0.29, 0.717) is 0 Å². The zero-order valence-electron chi connectivity index (χ0n) is 8.55. The molecule has 0 aliphatic rings. The van der Waals surface area contributed by atoms with Crippen LogP contribution in [0.3, 0.4) is 0 Å². The summed E-state index contributed by atoms with van der Waals surface area (Å²) in [6.45, 7) is 0. The van der Waals surface area contributed by atoms with Crippen molar-refractivity contribution in [1.29, 1.82) is 0 Å². The van der Waals surface area contributed by atoms with Crippen LogP contribution in [0.25, 0.3) is 0 Å². The molecule has 0 atom stereocenters. The molecule has 1 heterocycles. The Bertz CT molecular complexity index is 429. The Balaban J connectivity index is 2.24. The van der Waals surface area contributed by atoms with Crippen molar-refractivity contribution in [3.63, 3.8) is 0 Å². The summed E-state index contributed by atoms with van der Waals surface area (Å²) in [5.41, 5.74) is 2.32. The molecule has 3 heteroatoms. The van der Waals surface area contributed by atoms with E-state index < -0.39 is 0 Å². The van der Waals surface area contributed by atoms with E-state index in [9.17, 15) is 0 Å². The minimum Gasteiger partial charge on any atom is -0.159 e. The van der Waals surface area contributed by atoms with E-state index in [2.05, 4.69) is 40.7 Å². The monoisotopic (exact) mass is 216 g/mol. The zero-order valence-corrected chi connectivity index (χ0v) is 9.37. The van der Waals surface area contributed by atoms with Gasteiger partial charge in [0.1, 0.15) is 0 Å². The van der Waals surface area contributed by atoms with Crippen molar-refractivity contribution in [2.45, 2.75) is 11.3 Å². The van der Waals surface area contributed by atoms with Crippen LogP contribution in [0.15, 0.2) is 47.5 Å². The third-order valence-corrected chi connectivity index (χ3v) is 3.03. The summed E-state index contributed by atoms with van der Waals surface area (Å²) in [5, 5.41) is 7.97. The number of nitrogens with zero attached hydrogens (tertiary/aromatic N) is 2. The Hall–Kier alpha value is -1.35. The van der Waals surface area contributed by atoms with Gasteiger partial charge in [-0.2, -0.15) is 10.2 Å². The van der Waals surface area contributed by atoms with Gasteiger partial charge in [-0.3, -0.25) is 0 Å². The maximum atomic E-state index is 4.09. The van der Waals surface area contributed by atoms with Crippen LogP contribution in [-0.4, -0.2) is 16.5 Å². The molecule has 0 N–H and O–H groups in total. The van der Waals surface area contributed by atoms with Crippen LogP contribution in [0.2, 0.25) is 0 Å². The molecular formula is C12H12N2S. The Labute approximate surface area is 93.7 Å². The zero-order chi connectivity index (χ0) is 10.5. The number of hydrogen-bond donors (Lipinski definition) is 0. The first kappa shape index (κ1) is 10.2. The van der Waals surface area contributed by atoms with Crippen molar-refractivity contribution in [3.05, 3.63) is 53.9 Å². The number of rotatable bonds is 3. The van der Waals surface area contributed by atoms with Gasteiger partial charge >= 0.3 is 0 Å². The summed E-state index contributed by atoms with van der Waals surface area (Å²) in [4.78, 5) is 1.31. The number of hydrogen-bond acceptors (Lipinski definition) is 3. The molecule has 2 rings (SSSR count). The second kappa shape index (κ2) is 4.94. The van der Waals surface area contributed by atoms with Crippen LogP contribution in [0.5, 0.6) is 0 Å². The summed E-state index contributed by atoms with van der Waals surface area (Å²) in [6.07, 6.45) is 4.64. The van der Waals surface area contributed by atoms with E-state index >= 15 is 0 Å². The molecule has 1 aromatic carbocycles. The van der Waals surface area contributed by atoms with E-state index in [-0.39, 0.29) is 0 Å². The Morgan fingerprint density at radius 2 is 2.00 bits per heavy atom. The van der Waals surface area contributed by atoms with E-state index in [4.69, 9.17) is 0 Å². The smallest absolute Gasteiger partial charge is 0.0675 e. The minimum atomic E-state index is 0.852. The summed E-state index contributed by atoms with van der Waals surface area (Å²) in [6, 6.07) is 12.3. The van der Waals surface area contributed by atoms with Gasteiger partial charge in [-0.05, 0) is 30.0 Å². The highest BCUT2D eigenvalue weighted by molar-refractivity contribution is 7.98. The third kappa shape index (κ3) is 2.57. The molecule has 15 heavy (non-hydrogen) atoms. The first-order valence-corrected chi connectivity index (χ1v) is 6.01. The molecule has 0 aliphatic carbocycles. The van der Waals surface area contributed by atoms with E-state index in [1.54, 1.807) is 18.0 Å². The molecule has 2 aromatic rings. The van der Waals surface area contributed by atoms with Gasteiger partial charge < -0.3 is 0 Å². The lowest BCUT2D eigenvalue weighted by atomic mass is 10.1. The lowest BCUT2D eigenvalue weighted by Gasteiger charge is -2.05. The highest BCUT2D eigenvalue weighted by Gasteiger charge is 2.02. The second-order valence-corrected chi connectivity index (χ2v) is 4.05. The van der Waals surface area contributed by atoms with Gasteiger partial charge in [-0.25, -0.2) is 0 Å². The molecule has 0 bridgehead atoms. The van der Waals surface area contributed by atoms with Crippen LogP contribution in [-0.2, 0) is 6.42 Å². The van der Waals surface area contributed by atoms with Gasteiger partial charge in [0.05, 0.1) is 5.69 Å². The summed E-state index contributed by atoms with van der Waals surface area (Å²) in [7, 11) is 0. The van der Waals surface area contributed by atoms with Crippen molar-refractivity contribution < 1.29 is 0 Å². The van der Waals surface area contributed by atoms with Gasteiger partial charge in [-0.1, -0.05) is 18.2 Å². The normalized spacial score (nSPS) is 10.2. The molecule has 0 saturated heterocycles. The maximum absolute atomic E-state index is 4.09. The Morgan fingerprint density at radius 3 is 2.73 bits per heavy atom. The molecule has 0 spiro atoms. The molecule has 1 aromatic heterocycles. The maximum Gasteiger partial charge on any atom is 0.0675 e. The first-order valence-electron chi connectivity index (χ1n) is 4.78. The molecule has 0 fully saturated rings. The topological polar surface area (TPSA) is 25.8 Å². The molecule has 0 radical (unpaired) electrons. The summed E-state index contributed by atoms with van der Waals surface area (Å²) in [5.74, 6) is 0.